The van der Waals surface area contributed by atoms with Gasteiger partial charge in [0, 0.05) is 37.4 Å². The zero-order valence-electron chi connectivity index (χ0n) is 13.3. The van der Waals surface area contributed by atoms with Crippen molar-refractivity contribution in [2.75, 3.05) is 26.3 Å². The summed E-state index contributed by atoms with van der Waals surface area (Å²) in [4.78, 5) is 44.6. The molecule has 2 N–H and O–H groups in total. The smallest absolute Gasteiger partial charge is 0.330 e. The maximum atomic E-state index is 11.3. The second-order valence-electron chi connectivity index (χ2n) is 4.11. The minimum atomic E-state index is -0.580. The Morgan fingerprint density at radius 1 is 0.739 bits per heavy atom. The van der Waals surface area contributed by atoms with Crippen LogP contribution >= 0.6 is 0 Å². The van der Waals surface area contributed by atoms with Crippen molar-refractivity contribution in [2.24, 2.45) is 0 Å². The first-order valence-electron chi connectivity index (χ1n) is 7.24. The molecular formula is C15H22N2O6. The molecule has 0 bridgehead atoms. The van der Waals surface area contributed by atoms with Gasteiger partial charge in [0.2, 0.25) is 11.8 Å². The van der Waals surface area contributed by atoms with Gasteiger partial charge < -0.3 is 20.1 Å². The van der Waals surface area contributed by atoms with E-state index >= 15 is 0 Å². The Kier molecular flexibility index (Phi) is 11.6. The molecule has 23 heavy (non-hydrogen) atoms. The Morgan fingerprint density at radius 3 is 1.48 bits per heavy atom. The molecule has 0 heterocycles. The van der Waals surface area contributed by atoms with Crippen LogP contribution in [0.2, 0.25) is 0 Å². The summed E-state index contributed by atoms with van der Waals surface area (Å²) in [5.74, 6) is -2.01. The second kappa shape index (κ2) is 13.1. The fraction of sp³-hybridized carbons (Fsp3) is 0.467. The number of hydrogen-bond donors (Lipinski definition) is 2. The van der Waals surface area contributed by atoms with E-state index < -0.39 is 23.8 Å². The summed E-state index contributed by atoms with van der Waals surface area (Å²) in [6.07, 6.45) is 4.75. The molecule has 0 saturated carbocycles. The molecule has 8 nitrogen and oxygen atoms in total. The number of rotatable bonds is 10. The second-order valence-corrected chi connectivity index (χ2v) is 4.11. The van der Waals surface area contributed by atoms with E-state index in [1.807, 2.05) is 0 Å². The van der Waals surface area contributed by atoms with Gasteiger partial charge in [-0.3, -0.25) is 9.59 Å². The Balaban J connectivity index is 3.76. The Labute approximate surface area is 134 Å². The van der Waals surface area contributed by atoms with Gasteiger partial charge in [0.15, 0.2) is 0 Å². The molecule has 0 fully saturated rings. The van der Waals surface area contributed by atoms with E-state index in [1.54, 1.807) is 13.8 Å². The maximum absolute atomic E-state index is 11.3. The molecule has 0 atom stereocenters. The molecule has 0 radical (unpaired) electrons. The summed E-state index contributed by atoms with van der Waals surface area (Å²) in [6, 6.07) is 0. The summed E-state index contributed by atoms with van der Waals surface area (Å²) >= 11 is 0. The lowest BCUT2D eigenvalue weighted by Gasteiger charge is -2.03. The molecular weight excluding hydrogens is 304 g/mol. The lowest BCUT2D eigenvalue weighted by atomic mass is 10.4. The number of esters is 2. The van der Waals surface area contributed by atoms with Crippen molar-refractivity contribution >= 4 is 23.8 Å². The number of ether oxygens (including phenoxy) is 2. The Morgan fingerprint density at radius 2 is 1.13 bits per heavy atom. The third-order valence-electron chi connectivity index (χ3n) is 2.27. The Hall–Kier alpha value is -2.64. The highest BCUT2D eigenvalue weighted by Crippen LogP contribution is 1.84. The van der Waals surface area contributed by atoms with Crippen molar-refractivity contribution in [3.8, 4) is 0 Å². The normalized spacial score (nSPS) is 10.5. The lowest BCUT2D eigenvalue weighted by molar-refractivity contribution is -0.138. The van der Waals surface area contributed by atoms with E-state index in [9.17, 15) is 19.2 Å². The van der Waals surface area contributed by atoms with E-state index in [2.05, 4.69) is 20.1 Å². The lowest BCUT2D eigenvalue weighted by Crippen LogP contribution is -2.28. The van der Waals surface area contributed by atoms with Gasteiger partial charge in [0.25, 0.3) is 0 Å². The summed E-state index contributed by atoms with van der Waals surface area (Å²) in [5.41, 5.74) is 0. The first-order chi connectivity index (χ1) is 11.0. The van der Waals surface area contributed by atoms with Gasteiger partial charge in [0.1, 0.15) is 0 Å². The molecule has 0 saturated heterocycles. The van der Waals surface area contributed by atoms with Gasteiger partial charge in [-0.1, -0.05) is 0 Å². The van der Waals surface area contributed by atoms with Crippen molar-refractivity contribution in [1.82, 2.24) is 10.6 Å². The Bertz CT molecular complexity index is 429. The van der Waals surface area contributed by atoms with Crippen LogP contribution in [0, 0.1) is 0 Å². The molecule has 0 aliphatic heterocycles. The summed E-state index contributed by atoms with van der Waals surface area (Å²) in [5, 5.41) is 5.09. The monoisotopic (exact) mass is 326 g/mol. The maximum Gasteiger partial charge on any atom is 0.330 e. The van der Waals surface area contributed by atoms with Gasteiger partial charge in [-0.2, -0.15) is 0 Å². The highest BCUT2D eigenvalue weighted by molar-refractivity contribution is 5.95. The third-order valence-corrected chi connectivity index (χ3v) is 2.27. The highest BCUT2D eigenvalue weighted by Gasteiger charge is 2.00. The number of amides is 2. The fourth-order valence-corrected chi connectivity index (χ4v) is 1.30. The number of carbonyl (C=O) groups is 4. The minimum Gasteiger partial charge on any atom is -0.463 e. The van der Waals surface area contributed by atoms with Crippen LogP contribution in [0.5, 0.6) is 0 Å². The zero-order chi connectivity index (χ0) is 17.5. The molecule has 0 aromatic heterocycles. The van der Waals surface area contributed by atoms with Crippen molar-refractivity contribution in [2.45, 2.75) is 20.3 Å². The predicted octanol–water partition coefficient (Wildman–Crippen LogP) is -0.152. The molecule has 0 aliphatic carbocycles. The SMILES string of the molecule is CCOC(=O)/C=C/C(=O)NCCCNC(=O)/C=C/C(=O)OCC. The van der Waals surface area contributed by atoms with Crippen molar-refractivity contribution in [3.63, 3.8) is 0 Å². The van der Waals surface area contributed by atoms with Crippen molar-refractivity contribution < 1.29 is 28.7 Å². The molecule has 128 valence electrons. The predicted molar refractivity (Wildman–Crippen MR) is 82.2 cm³/mol. The zero-order valence-corrected chi connectivity index (χ0v) is 13.3. The molecule has 2 amide bonds. The highest BCUT2D eigenvalue weighted by atomic mass is 16.5. The van der Waals surface area contributed by atoms with Gasteiger partial charge in [0.05, 0.1) is 13.2 Å². The van der Waals surface area contributed by atoms with E-state index in [1.165, 1.54) is 0 Å². The first kappa shape index (κ1) is 20.4. The van der Waals surface area contributed by atoms with Gasteiger partial charge >= 0.3 is 11.9 Å². The van der Waals surface area contributed by atoms with Gasteiger partial charge in [-0.05, 0) is 20.3 Å². The number of nitrogens with one attached hydrogen (secondary N) is 2. The fourth-order valence-electron chi connectivity index (χ4n) is 1.30. The van der Waals surface area contributed by atoms with Crippen LogP contribution in [0.15, 0.2) is 24.3 Å². The van der Waals surface area contributed by atoms with E-state index in [4.69, 9.17) is 0 Å². The summed E-state index contributed by atoms with van der Waals surface area (Å²) < 4.78 is 9.25. The topological polar surface area (TPSA) is 111 Å². The van der Waals surface area contributed by atoms with Crippen LogP contribution in [0.1, 0.15) is 20.3 Å². The quantitative estimate of drug-likeness (QED) is 0.328. The summed E-state index contributed by atoms with van der Waals surface area (Å²) in [7, 11) is 0. The molecule has 0 rings (SSSR count). The van der Waals surface area contributed by atoms with Crippen LogP contribution in [0.4, 0.5) is 0 Å². The molecule has 0 aromatic carbocycles. The van der Waals surface area contributed by atoms with Crippen molar-refractivity contribution in [3.05, 3.63) is 24.3 Å². The molecule has 0 aromatic rings. The number of hydrogen-bond acceptors (Lipinski definition) is 6. The molecule has 0 aliphatic rings. The van der Waals surface area contributed by atoms with Crippen LogP contribution < -0.4 is 10.6 Å². The average molecular weight is 326 g/mol. The van der Waals surface area contributed by atoms with Crippen LogP contribution in [0.25, 0.3) is 0 Å². The first-order valence-corrected chi connectivity index (χ1v) is 7.24. The van der Waals surface area contributed by atoms with Crippen LogP contribution in [-0.2, 0) is 28.7 Å². The van der Waals surface area contributed by atoms with Gasteiger partial charge in [-0.25, -0.2) is 9.59 Å². The number of carbonyl (C=O) groups excluding carboxylic acids is 4. The van der Waals surface area contributed by atoms with Crippen LogP contribution in [-0.4, -0.2) is 50.1 Å². The van der Waals surface area contributed by atoms with Crippen molar-refractivity contribution in [1.29, 1.82) is 0 Å². The van der Waals surface area contributed by atoms with E-state index in [0.29, 0.717) is 19.5 Å². The molecule has 8 heteroatoms. The summed E-state index contributed by atoms with van der Waals surface area (Å²) in [6.45, 7) is 4.48. The minimum absolute atomic E-state index is 0.245. The molecule has 0 spiro atoms. The van der Waals surface area contributed by atoms with Gasteiger partial charge in [-0.15, -0.1) is 0 Å². The van der Waals surface area contributed by atoms with E-state index in [0.717, 1.165) is 24.3 Å². The van der Waals surface area contributed by atoms with Crippen LogP contribution in [0.3, 0.4) is 0 Å². The molecule has 0 unspecified atom stereocenters. The third kappa shape index (κ3) is 12.8. The van der Waals surface area contributed by atoms with E-state index in [-0.39, 0.29) is 13.2 Å². The largest absolute Gasteiger partial charge is 0.463 e. The average Bonchev–Trinajstić information content (AvgIpc) is 2.51. The standard InChI is InChI=1S/C15H22N2O6/c1-3-22-14(20)8-6-12(18)16-10-5-11-17-13(19)7-9-15(21)23-4-2/h6-9H,3-5,10-11H2,1-2H3,(H,16,18)(H,17,19)/b8-6+,9-7+.